The van der Waals surface area contributed by atoms with E-state index in [1.54, 1.807) is 17.8 Å². The van der Waals surface area contributed by atoms with Crippen molar-refractivity contribution in [2.45, 2.75) is 13.8 Å². The molecule has 0 radical (unpaired) electrons. The number of nitrogens with zero attached hydrogens (tertiary/aromatic N) is 3. The quantitative estimate of drug-likeness (QED) is 0.658. The van der Waals surface area contributed by atoms with Crippen LogP contribution in [-0.2, 0) is 0 Å². The van der Waals surface area contributed by atoms with Crippen molar-refractivity contribution in [3.63, 3.8) is 0 Å². The molecule has 0 amide bonds. The summed E-state index contributed by atoms with van der Waals surface area (Å²) < 4.78 is 1.70. The largest absolute Gasteiger partial charge is 0.294 e. The fourth-order valence-corrected chi connectivity index (χ4v) is 2.17. The second-order valence-electron chi connectivity index (χ2n) is 4.50. The van der Waals surface area contributed by atoms with E-state index in [0.717, 1.165) is 22.3 Å². The minimum Gasteiger partial charge on any atom is -0.294 e. The highest BCUT2D eigenvalue weighted by atomic mass is 16.1. The predicted octanol–water partition coefficient (Wildman–Crippen LogP) is 2.93. The van der Waals surface area contributed by atoms with Crippen molar-refractivity contribution in [3.05, 3.63) is 54.0 Å². The summed E-state index contributed by atoms with van der Waals surface area (Å²) in [6.45, 7) is 3.42. The number of aromatic nitrogens is 3. The van der Waals surface area contributed by atoms with Gasteiger partial charge in [-0.05, 0) is 25.3 Å². The van der Waals surface area contributed by atoms with E-state index in [4.69, 9.17) is 0 Å². The molecule has 4 nitrogen and oxygen atoms in total. The lowest BCUT2D eigenvalue weighted by Crippen LogP contribution is -2.03. The van der Waals surface area contributed by atoms with Gasteiger partial charge in [0.15, 0.2) is 11.6 Å². The third-order valence-corrected chi connectivity index (χ3v) is 3.22. The van der Waals surface area contributed by atoms with Crippen LogP contribution in [0.5, 0.6) is 0 Å². The molecule has 19 heavy (non-hydrogen) atoms. The van der Waals surface area contributed by atoms with Crippen LogP contribution in [0.1, 0.15) is 23.0 Å². The first kappa shape index (κ1) is 11.6. The Bertz CT molecular complexity index is 774. The standard InChI is InChI=1S/C15H13N3O/c1-10-14(11(2)19)9-17-18(10)15-7-12-5-3-4-6-13(12)8-16-15/h3-9H,1-2H3. The maximum absolute atomic E-state index is 11.4. The molecule has 0 aliphatic carbocycles. The number of Topliss-reactive ketones (excluding diaryl/α,β-unsaturated/α-hetero) is 1. The second-order valence-corrected chi connectivity index (χ2v) is 4.50. The number of benzene rings is 1. The minimum absolute atomic E-state index is 0.0181. The highest BCUT2D eigenvalue weighted by Crippen LogP contribution is 2.18. The summed E-state index contributed by atoms with van der Waals surface area (Å²) in [6.07, 6.45) is 3.41. The Balaban J connectivity index is 2.16. The molecule has 3 aromatic rings. The summed E-state index contributed by atoms with van der Waals surface area (Å²) in [5, 5.41) is 6.44. The van der Waals surface area contributed by atoms with Crippen LogP contribution in [0.2, 0.25) is 0 Å². The summed E-state index contributed by atoms with van der Waals surface area (Å²) in [7, 11) is 0. The zero-order valence-electron chi connectivity index (χ0n) is 10.8. The highest BCUT2D eigenvalue weighted by Gasteiger charge is 2.12. The van der Waals surface area contributed by atoms with E-state index in [-0.39, 0.29) is 5.78 Å². The van der Waals surface area contributed by atoms with Gasteiger partial charge in [-0.2, -0.15) is 5.10 Å². The summed E-state index contributed by atoms with van der Waals surface area (Å²) in [6, 6.07) is 9.99. The molecule has 0 unspecified atom stereocenters. The normalized spacial score (nSPS) is 10.8. The number of hydrogen-bond donors (Lipinski definition) is 0. The van der Waals surface area contributed by atoms with Crippen molar-refractivity contribution < 1.29 is 4.79 Å². The Morgan fingerprint density at radius 3 is 2.58 bits per heavy atom. The summed E-state index contributed by atoms with van der Waals surface area (Å²) in [5.41, 5.74) is 1.45. The molecule has 3 rings (SSSR count). The van der Waals surface area contributed by atoms with Gasteiger partial charge in [-0.15, -0.1) is 0 Å². The van der Waals surface area contributed by atoms with Crippen LogP contribution < -0.4 is 0 Å². The van der Waals surface area contributed by atoms with Gasteiger partial charge < -0.3 is 0 Å². The molecule has 0 saturated carbocycles. The smallest absolute Gasteiger partial charge is 0.163 e. The molecule has 94 valence electrons. The lowest BCUT2D eigenvalue weighted by molar-refractivity contribution is 0.101. The van der Waals surface area contributed by atoms with Crippen molar-refractivity contribution in [2.24, 2.45) is 0 Å². The Morgan fingerprint density at radius 1 is 1.16 bits per heavy atom. The van der Waals surface area contributed by atoms with Gasteiger partial charge in [0.05, 0.1) is 17.5 Å². The first-order chi connectivity index (χ1) is 9.16. The molecule has 0 aliphatic rings. The average Bonchev–Trinajstić information content (AvgIpc) is 2.80. The Morgan fingerprint density at radius 2 is 1.89 bits per heavy atom. The van der Waals surface area contributed by atoms with Crippen LogP contribution in [0.4, 0.5) is 0 Å². The molecule has 0 fully saturated rings. The second kappa shape index (κ2) is 4.31. The third kappa shape index (κ3) is 1.91. The molecule has 1 aromatic carbocycles. The van der Waals surface area contributed by atoms with Crippen molar-refractivity contribution >= 4 is 16.6 Å². The third-order valence-electron chi connectivity index (χ3n) is 3.22. The Kier molecular flexibility index (Phi) is 2.63. The maximum Gasteiger partial charge on any atom is 0.163 e. The van der Waals surface area contributed by atoms with E-state index in [2.05, 4.69) is 10.1 Å². The molecule has 0 N–H and O–H groups in total. The topological polar surface area (TPSA) is 47.8 Å². The number of carbonyl (C=O) groups is 1. The van der Waals surface area contributed by atoms with Gasteiger partial charge in [0, 0.05) is 11.6 Å². The van der Waals surface area contributed by atoms with Gasteiger partial charge in [-0.25, -0.2) is 9.67 Å². The van der Waals surface area contributed by atoms with Crippen LogP contribution in [-0.4, -0.2) is 20.5 Å². The van der Waals surface area contributed by atoms with E-state index in [1.807, 2.05) is 43.5 Å². The van der Waals surface area contributed by atoms with E-state index >= 15 is 0 Å². The van der Waals surface area contributed by atoms with Gasteiger partial charge in [-0.1, -0.05) is 24.3 Å². The number of rotatable bonds is 2. The van der Waals surface area contributed by atoms with Crippen LogP contribution in [0.25, 0.3) is 16.6 Å². The van der Waals surface area contributed by atoms with Gasteiger partial charge in [0.1, 0.15) is 0 Å². The van der Waals surface area contributed by atoms with Crippen molar-refractivity contribution in [1.29, 1.82) is 0 Å². The molecule has 2 heterocycles. The molecule has 0 aliphatic heterocycles. The van der Waals surface area contributed by atoms with Gasteiger partial charge >= 0.3 is 0 Å². The Hall–Kier alpha value is -2.49. The highest BCUT2D eigenvalue weighted by molar-refractivity contribution is 5.95. The van der Waals surface area contributed by atoms with Gasteiger partial charge in [-0.3, -0.25) is 4.79 Å². The molecule has 0 bridgehead atoms. The van der Waals surface area contributed by atoms with Crippen LogP contribution in [0.3, 0.4) is 0 Å². The van der Waals surface area contributed by atoms with Crippen LogP contribution >= 0.6 is 0 Å². The van der Waals surface area contributed by atoms with E-state index in [1.165, 1.54) is 0 Å². The zero-order chi connectivity index (χ0) is 13.4. The fourth-order valence-electron chi connectivity index (χ4n) is 2.17. The SMILES string of the molecule is CC(=O)c1cnn(-c2cc3ccccc3cn2)c1C. The zero-order valence-corrected chi connectivity index (χ0v) is 10.8. The predicted molar refractivity (Wildman–Crippen MR) is 73.6 cm³/mol. The Labute approximate surface area is 110 Å². The monoisotopic (exact) mass is 251 g/mol. The van der Waals surface area contributed by atoms with Crippen molar-refractivity contribution in [3.8, 4) is 5.82 Å². The molecule has 0 atom stereocenters. The van der Waals surface area contributed by atoms with Crippen molar-refractivity contribution in [2.75, 3.05) is 0 Å². The fraction of sp³-hybridized carbons (Fsp3) is 0.133. The van der Waals surface area contributed by atoms with Gasteiger partial charge in [0.25, 0.3) is 0 Å². The summed E-state index contributed by atoms with van der Waals surface area (Å²) >= 11 is 0. The minimum atomic E-state index is 0.0181. The number of ketones is 1. The molecule has 4 heteroatoms. The first-order valence-corrected chi connectivity index (χ1v) is 6.07. The lowest BCUT2D eigenvalue weighted by Gasteiger charge is -2.05. The average molecular weight is 251 g/mol. The summed E-state index contributed by atoms with van der Waals surface area (Å²) in [4.78, 5) is 15.8. The number of fused-ring (bicyclic) bond motifs is 1. The maximum atomic E-state index is 11.4. The molecule has 0 saturated heterocycles. The number of pyridine rings is 1. The summed E-state index contributed by atoms with van der Waals surface area (Å²) in [5.74, 6) is 0.744. The molecule has 2 aromatic heterocycles. The first-order valence-electron chi connectivity index (χ1n) is 6.07. The molecule has 0 spiro atoms. The van der Waals surface area contributed by atoms with E-state index in [9.17, 15) is 4.79 Å². The van der Waals surface area contributed by atoms with E-state index < -0.39 is 0 Å². The van der Waals surface area contributed by atoms with E-state index in [0.29, 0.717) is 5.56 Å². The number of hydrogen-bond acceptors (Lipinski definition) is 3. The molecular formula is C15H13N3O. The lowest BCUT2D eigenvalue weighted by atomic mass is 10.2. The molecular weight excluding hydrogens is 238 g/mol. The van der Waals surface area contributed by atoms with Crippen LogP contribution in [0.15, 0.2) is 42.7 Å². The number of carbonyl (C=O) groups excluding carboxylic acids is 1. The van der Waals surface area contributed by atoms with Gasteiger partial charge in [0.2, 0.25) is 0 Å². The van der Waals surface area contributed by atoms with Crippen LogP contribution in [0, 0.1) is 6.92 Å². The van der Waals surface area contributed by atoms with Crippen molar-refractivity contribution in [1.82, 2.24) is 14.8 Å².